The molecule has 1 saturated heterocycles. The minimum absolute atomic E-state index is 0.221. The molecule has 14 heavy (non-hydrogen) atoms. The zero-order chi connectivity index (χ0) is 10.0. The van der Waals surface area contributed by atoms with Crippen molar-refractivity contribution in [3.63, 3.8) is 0 Å². The van der Waals surface area contributed by atoms with Crippen LogP contribution in [0.5, 0.6) is 0 Å². The summed E-state index contributed by atoms with van der Waals surface area (Å²) >= 11 is 4.07. The van der Waals surface area contributed by atoms with Crippen LogP contribution >= 0.6 is 23.5 Å². The molecule has 0 aromatic heterocycles. The van der Waals surface area contributed by atoms with Crippen LogP contribution in [0.3, 0.4) is 0 Å². The van der Waals surface area contributed by atoms with Gasteiger partial charge in [0.2, 0.25) is 0 Å². The Morgan fingerprint density at radius 3 is 2.86 bits per heavy atom. The molecule has 1 atom stereocenters. The highest BCUT2D eigenvalue weighted by Gasteiger charge is 2.38. The van der Waals surface area contributed by atoms with E-state index >= 15 is 0 Å². The van der Waals surface area contributed by atoms with Crippen molar-refractivity contribution in [3.8, 4) is 0 Å². The molecule has 1 aliphatic carbocycles. The lowest BCUT2D eigenvalue weighted by molar-refractivity contribution is 0.202. The van der Waals surface area contributed by atoms with Gasteiger partial charge in [-0.05, 0) is 36.3 Å². The molecule has 1 N–H and O–H groups in total. The minimum Gasteiger partial charge on any atom is -0.389 e. The lowest BCUT2D eigenvalue weighted by Crippen LogP contribution is -2.32. The van der Waals surface area contributed by atoms with Gasteiger partial charge in [0.05, 0.1) is 10.2 Å². The van der Waals surface area contributed by atoms with Crippen molar-refractivity contribution < 1.29 is 5.11 Å². The Bertz CT molecular complexity index is 254. The van der Waals surface area contributed by atoms with Crippen LogP contribution in [0.4, 0.5) is 0 Å². The normalized spacial score (nSPS) is 31.2. The van der Waals surface area contributed by atoms with E-state index in [-0.39, 0.29) is 10.2 Å². The molecule has 1 nitrogen and oxygen atoms in total. The zero-order valence-corrected chi connectivity index (χ0v) is 9.87. The van der Waals surface area contributed by atoms with E-state index in [4.69, 9.17) is 0 Å². The van der Waals surface area contributed by atoms with Crippen LogP contribution in [-0.2, 0) is 0 Å². The summed E-state index contributed by atoms with van der Waals surface area (Å²) < 4.78 is 0.221. The summed E-state index contributed by atoms with van der Waals surface area (Å²) in [6.07, 6.45) is 6.95. The number of thioether (sulfide) groups is 2. The lowest BCUT2D eigenvalue weighted by atomic mass is 9.96. The second-order valence-electron chi connectivity index (χ2n) is 3.74. The summed E-state index contributed by atoms with van der Waals surface area (Å²) in [5.74, 6) is 2.49. The van der Waals surface area contributed by atoms with E-state index in [1.54, 1.807) is 0 Å². The summed E-state index contributed by atoms with van der Waals surface area (Å²) in [7, 11) is 0. The van der Waals surface area contributed by atoms with Gasteiger partial charge in [-0.2, -0.15) is 0 Å². The van der Waals surface area contributed by atoms with Crippen LogP contribution < -0.4 is 0 Å². The van der Waals surface area contributed by atoms with Gasteiger partial charge >= 0.3 is 0 Å². The topological polar surface area (TPSA) is 20.2 Å². The molecule has 1 aliphatic heterocycles. The molecule has 0 amide bonds. The standard InChI is InChI=1S/C11H16OS2/c1-2-9-8-10(12)4-5-11(9)13-6-3-7-14-11/h2,8,10,12H,1,3-7H2. The third-order valence-corrected chi connectivity index (χ3v) is 6.27. The van der Waals surface area contributed by atoms with Gasteiger partial charge in [0.25, 0.3) is 0 Å². The average Bonchev–Trinajstić information content (AvgIpc) is 2.23. The van der Waals surface area contributed by atoms with Crippen molar-refractivity contribution in [1.82, 2.24) is 0 Å². The maximum absolute atomic E-state index is 9.58. The fourth-order valence-electron chi connectivity index (χ4n) is 2.01. The summed E-state index contributed by atoms with van der Waals surface area (Å²) in [5.41, 5.74) is 1.24. The Labute approximate surface area is 94.0 Å². The molecule has 0 aromatic carbocycles. The zero-order valence-electron chi connectivity index (χ0n) is 8.24. The third kappa shape index (κ3) is 1.90. The van der Waals surface area contributed by atoms with E-state index in [0.29, 0.717) is 0 Å². The number of allylic oxidation sites excluding steroid dienone is 1. The Morgan fingerprint density at radius 1 is 1.50 bits per heavy atom. The van der Waals surface area contributed by atoms with E-state index in [1.165, 1.54) is 23.5 Å². The molecule has 0 aromatic rings. The van der Waals surface area contributed by atoms with Crippen molar-refractivity contribution in [2.24, 2.45) is 0 Å². The molecule has 1 spiro atoms. The molecule has 1 fully saturated rings. The largest absolute Gasteiger partial charge is 0.389 e. The first-order valence-corrected chi connectivity index (χ1v) is 7.05. The van der Waals surface area contributed by atoms with Crippen molar-refractivity contribution in [2.75, 3.05) is 11.5 Å². The van der Waals surface area contributed by atoms with Gasteiger partial charge in [0.1, 0.15) is 0 Å². The van der Waals surface area contributed by atoms with E-state index in [0.717, 1.165) is 12.8 Å². The SMILES string of the molecule is C=CC1=CC(O)CCC12SCCCS2. The second kappa shape index (κ2) is 4.33. The van der Waals surface area contributed by atoms with E-state index < -0.39 is 0 Å². The molecule has 1 heterocycles. The number of aliphatic hydroxyl groups is 1. The first kappa shape index (κ1) is 10.7. The van der Waals surface area contributed by atoms with Crippen LogP contribution in [0.1, 0.15) is 19.3 Å². The number of hydrogen-bond donors (Lipinski definition) is 1. The molecule has 2 aliphatic rings. The number of aliphatic hydroxyl groups excluding tert-OH is 1. The molecular weight excluding hydrogens is 212 g/mol. The Balaban J connectivity index is 2.24. The maximum Gasteiger partial charge on any atom is 0.0858 e. The molecule has 0 radical (unpaired) electrons. The van der Waals surface area contributed by atoms with E-state index in [9.17, 15) is 5.11 Å². The fraction of sp³-hybridized carbons (Fsp3) is 0.636. The summed E-state index contributed by atoms with van der Waals surface area (Å²) in [4.78, 5) is 0. The molecule has 1 unspecified atom stereocenters. The van der Waals surface area contributed by atoms with E-state index in [2.05, 4.69) is 6.58 Å². The van der Waals surface area contributed by atoms with Gasteiger partial charge in [0, 0.05) is 0 Å². The minimum atomic E-state index is -0.253. The van der Waals surface area contributed by atoms with Crippen molar-refractivity contribution >= 4 is 23.5 Å². The van der Waals surface area contributed by atoms with Gasteiger partial charge in [-0.25, -0.2) is 0 Å². The van der Waals surface area contributed by atoms with Gasteiger partial charge in [-0.3, -0.25) is 0 Å². The fourth-order valence-corrected chi connectivity index (χ4v) is 5.42. The predicted octanol–water partition coefficient (Wildman–Crippen LogP) is 2.82. The number of hydrogen-bond acceptors (Lipinski definition) is 3. The summed E-state index contributed by atoms with van der Waals surface area (Å²) in [6.45, 7) is 3.86. The highest BCUT2D eigenvalue weighted by atomic mass is 32.2. The first-order chi connectivity index (χ1) is 6.77. The van der Waals surface area contributed by atoms with Crippen LogP contribution in [0.15, 0.2) is 24.3 Å². The Kier molecular flexibility index (Phi) is 3.30. The van der Waals surface area contributed by atoms with Crippen molar-refractivity contribution in [2.45, 2.75) is 29.4 Å². The second-order valence-corrected chi connectivity index (χ2v) is 6.78. The first-order valence-electron chi connectivity index (χ1n) is 5.07. The Hall–Kier alpha value is 0.140. The highest BCUT2D eigenvalue weighted by Crippen LogP contribution is 2.52. The maximum atomic E-state index is 9.58. The average molecular weight is 228 g/mol. The number of rotatable bonds is 1. The Morgan fingerprint density at radius 2 is 2.21 bits per heavy atom. The lowest BCUT2D eigenvalue weighted by Gasteiger charge is -2.40. The molecule has 78 valence electrons. The molecule has 3 heteroatoms. The van der Waals surface area contributed by atoms with Gasteiger partial charge in [0.15, 0.2) is 0 Å². The predicted molar refractivity (Wildman–Crippen MR) is 65.8 cm³/mol. The highest BCUT2D eigenvalue weighted by molar-refractivity contribution is 8.19. The summed E-state index contributed by atoms with van der Waals surface area (Å²) in [5, 5.41) is 9.58. The van der Waals surface area contributed by atoms with Gasteiger partial charge in [-0.15, -0.1) is 23.5 Å². The van der Waals surface area contributed by atoms with Crippen LogP contribution in [-0.4, -0.2) is 26.8 Å². The smallest absolute Gasteiger partial charge is 0.0858 e. The molecular formula is C11H16OS2. The van der Waals surface area contributed by atoms with Crippen LogP contribution in [0, 0.1) is 0 Å². The third-order valence-electron chi connectivity index (χ3n) is 2.76. The summed E-state index contributed by atoms with van der Waals surface area (Å²) in [6, 6.07) is 0. The van der Waals surface area contributed by atoms with E-state index in [1.807, 2.05) is 35.7 Å². The van der Waals surface area contributed by atoms with Crippen molar-refractivity contribution in [3.05, 3.63) is 24.3 Å². The monoisotopic (exact) mass is 228 g/mol. The molecule has 2 rings (SSSR count). The van der Waals surface area contributed by atoms with Gasteiger partial charge < -0.3 is 5.11 Å². The van der Waals surface area contributed by atoms with Crippen molar-refractivity contribution in [1.29, 1.82) is 0 Å². The van der Waals surface area contributed by atoms with Crippen LogP contribution in [0.25, 0.3) is 0 Å². The molecule has 0 saturated carbocycles. The quantitative estimate of drug-likeness (QED) is 0.745. The molecule has 0 bridgehead atoms. The van der Waals surface area contributed by atoms with Crippen LogP contribution in [0.2, 0.25) is 0 Å². The van der Waals surface area contributed by atoms with Gasteiger partial charge in [-0.1, -0.05) is 18.7 Å².